The Kier molecular flexibility index (Phi) is 4.01. The normalized spacial score (nSPS) is 18.0. The predicted molar refractivity (Wildman–Crippen MR) is 95.1 cm³/mol. The van der Waals surface area contributed by atoms with Gasteiger partial charge in [0.25, 0.3) is 0 Å². The summed E-state index contributed by atoms with van der Waals surface area (Å²) in [7, 11) is 0. The van der Waals surface area contributed by atoms with E-state index in [-0.39, 0.29) is 12.6 Å². The van der Waals surface area contributed by atoms with E-state index in [0.29, 0.717) is 12.2 Å². The maximum absolute atomic E-state index is 12.3. The average molecular weight is 336 g/mol. The van der Waals surface area contributed by atoms with Gasteiger partial charge in [0.05, 0.1) is 12.6 Å². The lowest BCUT2D eigenvalue weighted by Gasteiger charge is -2.22. The molecule has 1 fully saturated rings. The van der Waals surface area contributed by atoms with Crippen LogP contribution in [-0.2, 0) is 16.0 Å². The van der Waals surface area contributed by atoms with Gasteiger partial charge in [0.1, 0.15) is 0 Å². The third-order valence-electron chi connectivity index (χ3n) is 5.09. The summed E-state index contributed by atoms with van der Waals surface area (Å²) < 4.78 is 0. The van der Waals surface area contributed by atoms with Gasteiger partial charge in [-0.15, -0.1) is 0 Å². The molecule has 1 atom stereocenters. The van der Waals surface area contributed by atoms with Crippen molar-refractivity contribution in [2.24, 2.45) is 0 Å². The number of anilines is 1. The molecule has 0 saturated carbocycles. The number of likely N-dealkylation sites (tertiary alicyclic amines) is 1. The zero-order valence-corrected chi connectivity index (χ0v) is 13.9. The first-order valence-corrected chi connectivity index (χ1v) is 8.61. The zero-order valence-electron chi connectivity index (χ0n) is 13.9. The first-order valence-electron chi connectivity index (χ1n) is 8.61. The number of hydrogen-bond donors (Lipinski definition) is 2. The summed E-state index contributed by atoms with van der Waals surface area (Å²) in [6, 6.07) is 13.8. The van der Waals surface area contributed by atoms with Crippen molar-refractivity contribution < 1.29 is 14.7 Å². The number of benzene rings is 2. The molecule has 1 saturated heterocycles. The van der Waals surface area contributed by atoms with E-state index in [0.717, 1.165) is 24.8 Å². The summed E-state index contributed by atoms with van der Waals surface area (Å²) in [5, 5.41) is 12.0. The van der Waals surface area contributed by atoms with E-state index >= 15 is 0 Å². The number of aliphatic hydroxyl groups excluding tert-OH is 1. The minimum Gasteiger partial charge on any atom is -0.394 e. The number of nitrogens with zero attached hydrogens (tertiary/aromatic N) is 1. The van der Waals surface area contributed by atoms with Crippen molar-refractivity contribution in [3.63, 3.8) is 0 Å². The highest BCUT2D eigenvalue weighted by Crippen LogP contribution is 2.37. The molecule has 0 aromatic heterocycles. The van der Waals surface area contributed by atoms with Crippen LogP contribution in [0, 0.1) is 0 Å². The summed E-state index contributed by atoms with van der Waals surface area (Å²) in [6.45, 7) is 0.424. The molecular weight excluding hydrogens is 316 g/mol. The van der Waals surface area contributed by atoms with Gasteiger partial charge in [-0.05, 0) is 53.6 Å². The SMILES string of the molecule is O=C(Nc1ccc2c(c1)Cc1ccccc1-2)C(=O)N1CCC[C@@H]1CO. The maximum Gasteiger partial charge on any atom is 0.313 e. The van der Waals surface area contributed by atoms with E-state index in [1.54, 1.807) is 0 Å². The van der Waals surface area contributed by atoms with Gasteiger partial charge in [0.15, 0.2) is 0 Å². The summed E-state index contributed by atoms with van der Waals surface area (Å²) in [5.41, 5.74) is 5.47. The van der Waals surface area contributed by atoms with E-state index in [1.807, 2.05) is 30.3 Å². The minimum absolute atomic E-state index is 0.101. The molecule has 4 rings (SSSR count). The molecule has 1 aliphatic heterocycles. The van der Waals surface area contributed by atoms with Gasteiger partial charge >= 0.3 is 11.8 Å². The number of fused-ring (bicyclic) bond motifs is 3. The predicted octanol–water partition coefficient (Wildman–Crippen LogP) is 2.18. The Morgan fingerprint density at radius 2 is 1.92 bits per heavy atom. The van der Waals surface area contributed by atoms with Crippen LogP contribution in [0.15, 0.2) is 42.5 Å². The standard InChI is InChI=1S/C20H20N2O3/c23-12-16-5-3-9-22(16)20(25)19(24)21-15-7-8-18-14(11-15)10-13-4-1-2-6-17(13)18/h1-2,4,6-8,11,16,23H,3,5,9-10,12H2,(H,21,24)/t16-/m1/s1. The number of carbonyl (C=O) groups is 2. The van der Waals surface area contributed by atoms with Crippen molar-refractivity contribution in [2.75, 3.05) is 18.5 Å². The minimum atomic E-state index is -0.643. The fourth-order valence-electron chi connectivity index (χ4n) is 3.83. The molecule has 2 aromatic rings. The van der Waals surface area contributed by atoms with Gasteiger partial charge in [-0.25, -0.2) is 0 Å². The van der Waals surface area contributed by atoms with Crippen molar-refractivity contribution in [1.82, 2.24) is 4.90 Å². The average Bonchev–Trinajstić information content (AvgIpc) is 3.24. The molecule has 2 aromatic carbocycles. The topological polar surface area (TPSA) is 69.6 Å². The highest BCUT2D eigenvalue weighted by Gasteiger charge is 2.32. The molecule has 25 heavy (non-hydrogen) atoms. The molecular formula is C20H20N2O3. The Bertz CT molecular complexity index is 847. The fraction of sp³-hybridized carbons (Fsp3) is 0.300. The van der Waals surface area contributed by atoms with E-state index in [1.165, 1.54) is 21.6 Å². The van der Waals surface area contributed by atoms with E-state index in [2.05, 4.69) is 17.4 Å². The smallest absolute Gasteiger partial charge is 0.313 e. The molecule has 1 heterocycles. The van der Waals surface area contributed by atoms with Crippen molar-refractivity contribution in [1.29, 1.82) is 0 Å². The number of carbonyl (C=O) groups excluding carboxylic acids is 2. The van der Waals surface area contributed by atoms with Crippen molar-refractivity contribution in [3.8, 4) is 11.1 Å². The zero-order chi connectivity index (χ0) is 17.4. The van der Waals surface area contributed by atoms with Crippen molar-refractivity contribution in [3.05, 3.63) is 53.6 Å². The second kappa shape index (κ2) is 6.33. The highest BCUT2D eigenvalue weighted by molar-refractivity contribution is 6.39. The van der Waals surface area contributed by atoms with Crippen LogP contribution < -0.4 is 5.32 Å². The Morgan fingerprint density at radius 3 is 2.76 bits per heavy atom. The molecule has 2 aliphatic rings. The second-order valence-corrected chi connectivity index (χ2v) is 6.64. The van der Waals surface area contributed by atoms with Gasteiger partial charge in [-0.1, -0.05) is 30.3 Å². The largest absolute Gasteiger partial charge is 0.394 e. The van der Waals surface area contributed by atoms with Crippen molar-refractivity contribution in [2.45, 2.75) is 25.3 Å². The Balaban J connectivity index is 1.50. The number of rotatable bonds is 2. The Morgan fingerprint density at radius 1 is 1.12 bits per heavy atom. The number of nitrogens with one attached hydrogen (secondary N) is 1. The van der Waals surface area contributed by atoms with Crippen LogP contribution in [-0.4, -0.2) is 41.0 Å². The van der Waals surface area contributed by atoms with Crippen LogP contribution in [0.3, 0.4) is 0 Å². The molecule has 2 N–H and O–H groups in total. The van der Waals surface area contributed by atoms with Crippen LogP contribution in [0.2, 0.25) is 0 Å². The molecule has 0 bridgehead atoms. The molecule has 0 radical (unpaired) electrons. The van der Waals surface area contributed by atoms with Crippen LogP contribution in [0.25, 0.3) is 11.1 Å². The Hall–Kier alpha value is -2.66. The lowest BCUT2D eigenvalue weighted by Crippen LogP contribution is -2.43. The first kappa shape index (κ1) is 15.8. The van der Waals surface area contributed by atoms with Gasteiger partial charge in [0, 0.05) is 12.2 Å². The maximum atomic E-state index is 12.3. The van der Waals surface area contributed by atoms with Gasteiger partial charge in [0.2, 0.25) is 0 Å². The molecule has 0 spiro atoms. The summed E-state index contributed by atoms with van der Waals surface area (Å²) >= 11 is 0. The first-order chi connectivity index (χ1) is 12.2. The number of amides is 2. The third-order valence-corrected chi connectivity index (χ3v) is 5.09. The molecule has 128 valence electrons. The van der Waals surface area contributed by atoms with E-state index < -0.39 is 11.8 Å². The lowest BCUT2D eigenvalue weighted by molar-refractivity contribution is -0.144. The van der Waals surface area contributed by atoms with Gasteiger partial charge in [-0.2, -0.15) is 0 Å². The monoisotopic (exact) mass is 336 g/mol. The lowest BCUT2D eigenvalue weighted by atomic mass is 10.1. The third kappa shape index (κ3) is 2.81. The van der Waals surface area contributed by atoms with Crippen LogP contribution in [0.5, 0.6) is 0 Å². The van der Waals surface area contributed by atoms with Gasteiger partial charge in [-0.3, -0.25) is 9.59 Å². The molecule has 5 heteroatoms. The number of aliphatic hydroxyl groups is 1. The van der Waals surface area contributed by atoms with Crippen LogP contribution in [0.1, 0.15) is 24.0 Å². The van der Waals surface area contributed by atoms with Gasteiger partial charge < -0.3 is 15.3 Å². The van der Waals surface area contributed by atoms with Crippen molar-refractivity contribution >= 4 is 17.5 Å². The second-order valence-electron chi connectivity index (χ2n) is 6.64. The fourth-order valence-corrected chi connectivity index (χ4v) is 3.83. The highest BCUT2D eigenvalue weighted by atomic mass is 16.3. The molecule has 5 nitrogen and oxygen atoms in total. The summed E-state index contributed by atoms with van der Waals surface area (Å²) in [4.78, 5) is 26.1. The van der Waals surface area contributed by atoms with Crippen LogP contribution >= 0.6 is 0 Å². The van der Waals surface area contributed by atoms with E-state index in [4.69, 9.17) is 0 Å². The number of hydrogen-bond acceptors (Lipinski definition) is 3. The quantitative estimate of drug-likeness (QED) is 0.705. The molecule has 0 unspecified atom stereocenters. The molecule has 2 amide bonds. The van der Waals surface area contributed by atoms with Crippen LogP contribution in [0.4, 0.5) is 5.69 Å². The summed E-state index contributed by atoms with van der Waals surface area (Å²) in [5.74, 6) is -1.21. The van der Waals surface area contributed by atoms with E-state index in [9.17, 15) is 14.7 Å². The Labute approximate surface area is 146 Å². The summed E-state index contributed by atoms with van der Waals surface area (Å²) in [6.07, 6.45) is 2.40. The molecule has 1 aliphatic carbocycles.